The van der Waals surface area contributed by atoms with Crippen molar-refractivity contribution >= 4 is 15.9 Å². The number of methoxy groups -OCH3 is 2. The summed E-state index contributed by atoms with van der Waals surface area (Å²) in [5, 5.41) is 2.97. The minimum Gasteiger partial charge on any atom is -0.493 e. The van der Waals surface area contributed by atoms with Gasteiger partial charge in [0.05, 0.1) is 31.7 Å². The molecule has 0 unspecified atom stereocenters. The van der Waals surface area contributed by atoms with Crippen LogP contribution in [0.1, 0.15) is 40.8 Å². The van der Waals surface area contributed by atoms with Crippen LogP contribution in [0.5, 0.6) is 11.5 Å². The highest BCUT2D eigenvalue weighted by Crippen LogP contribution is 2.31. The van der Waals surface area contributed by atoms with E-state index < -0.39 is 10.0 Å². The Balaban J connectivity index is 1.89. The molecule has 1 atom stereocenters. The third kappa shape index (κ3) is 6.25. The third-order valence-corrected chi connectivity index (χ3v) is 8.03. The Morgan fingerprint density at radius 3 is 2.17 bits per heavy atom. The van der Waals surface area contributed by atoms with Crippen LogP contribution >= 0.6 is 0 Å². The van der Waals surface area contributed by atoms with Gasteiger partial charge in [-0.3, -0.25) is 4.79 Å². The molecule has 1 amide bonds. The maximum absolute atomic E-state index is 13.7. The lowest BCUT2D eigenvalue weighted by Gasteiger charge is -2.24. The highest BCUT2D eigenvalue weighted by atomic mass is 32.2. The zero-order valence-corrected chi connectivity index (χ0v) is 22.5. The average Bonchev–Trinajstić information content (AvgIpc) is 2.85. The van der Waals surface area contributed by atoms with Crippen LogP contribution in [0.25, 0.3) is 0 Å². The lowest BCUT2D eigenvalue weighted by atomic mass is 9.96. The summed E-state index contributed by atoms with van der Waals surface area (Å²) in [5.41, 5.74) is 5.17. The number of rotatable bonds is 10. The van der Waals surface area contributed by atoms with E-state index in [1.165, 1.54) is 42.3 Å². The number of benzene rings is 3. The molecule has 0 aromatic heterocycles. The van der Waals surface area contributed by atoms with Crippen molar-refractivity contribution in [2.45, 2.75) is 45.2 Å². The second kappa shape index (κ2) is 11.6. The molecule has 0 saturated carbocycles. The van der Waals surface area contributed by atoms with Crippen molar-refractivity contribution in [2.24, 2.45) is 0 Å². The first-order valence-electron chi connectivity index (χ1n) is 11.7. The number of carbonyl (C=O) groups excluding carboxylic acids is 1. The van der Waals surface area contributed by atoms with E-state index in [0.29, 0.717) is 11.5 Å². The zero-order chi connectivity index (χ0) is 26.5. The maximum Gasteiger partial charge on any atom is 0.243 e. The molecule has 192 valence electrons. The molecule has 0 aliphatic rings. The van der Waals surface area contributed by atoms with Gasteiger partial charge in [0.15, 0.2) is 11.5 Å². The number of nitrogens with one attached hydrogen (secondary N) is 1. The number of carbonyl (C=O) groups is 1. The number of nitrogens with zero attached hydrogens (tertiary/aromatic N) is 1. The van der Waals surface area contributed by atoms with E-state index in [1.54, 1.807) is 0 Å². The van der Waals surface area contributed by atoms with Gasteiger partial charge < -0.3 is 14.8 Å². The van der Waals surface area contributed by atoms with Crippen molar-refractivity contribution < 1.29 is 22.7 Å². The van der Waals surface area contributed by atoms with Crippen molar-refractivity contribution in [3.63, 3.8) is 0 Å². The van der Waals surface area contributed by atoms with Gasteiger partial charge in [0, 0.05) is 12.6 Å². The number of ether oxygens (including phenoxy) is 2. The molecule has 0 bridgehead atoms. The Bertz CT molecular complexity index is 1320. The van der Waals surface area contributed by atoms with Crippen LogP contribution in [0, 0.1) is 20.8 Å². The van der Waals surface area contributed by atoms with Crippen LogP contribution < -0.4 is 14.8 Å². The molecular weight excluding hydrogens is 476 g/mol. The smallest absolute Gasteiger partial charge is 0.243 e. The lowest BCUT2D eigenvalue weighted by molar-refractivity contribution is -0.122. The quantitative estimate of drug-likeness (QED) is 0.428. The van der Waals surface area contributed by atoms with Gasteiger partial charge in [-0.25, -0.2) is 8.42 Å². The van der Waals surface area contributed by atoms with Gasteiger partial charge in [0.25, 0.3) is 0 Å². The molecule has 0 heterocycles. The first kappa shape index (κ1) is 27.2. The molecule has 0 fully saturated rings. The van der Waals surface area contributed by atoms with Crippen LogP contribution in [-0.2, 0) is 21.4 Å². The second-order valence-electron chi connectivity index (χ2n) is 8.86. The fraction of sp³-hybridized carbons (Fsp3) is 0.321. The van der Waals surface area contributed by atoms with Gasteiger partial charge >= 0.3 is 0 Å². The predicted octanol–water partition coefficient (Wildman–Crippen LogP) is 4.70. The Morgan fingerprint density at radius 1 is 0.889 bits per heavy atom. The first-order valence-corrected chi connectivity index (χ1v) is 13.1. The fourth-order valence-corrected chi connectivity index (χ4v) is 5.51. The minimum absolute atomic E-state index is 0.0157. The normalized spacial score (nSPS) is 12.3. The molecular formula is C28H34N2O5S. The molecule has 0 saturated heterocycles. The lowest BCUT2D eigenvalue weighted by Crippen LogP contribution is -2.41. The van der Waals surface area contributed by atoms with E-state index in [4.69, 9.17) is 9.47 Å². The molecule has 0 aliphatic heterocycles. The maximum atomic E-state index is 13.7. The Hall–Kier alpha value is -3.36. The minimum atomic E-state index is -4.04. The van der Waals surface area contributed by atoms with Crippen molar-refractivity contribution in [1.82, 2.24) is 9.62 Å². The van der Waals surface area contributed by atoms with E-state index in [0.717, 1.165) is 22.3 Å². The van der Waals surface area contributed by atoms with Crippen molar-refractivity contribution in [3.8, 4) is 11.5 Å². The summed E-state index contributed by atoms with van der Waals surface area (Å²) in [6.45, 7) is 7.70. The van der Waals surface area contributed by atoms with Gasteiger partial charge in [0.2, 0.25) is 15.9 Å². The van der Waals surface area contributed by atoms with E-state index in [1.807, 2.05) is 51.1 Å². The topological polar surface area (TPSA) is 84.9 Å². The van der Waals surface area contributed by atoms with Crippen LogP contribution in [-0.4, -0.2) is 39.4 Å². The Morgan fingerprint density at radius 2 is 1.53 bits per heavy atom. The van der Waals surface area contributed by atoms with E-state index >= 15 is 0 Å². The van der Waals surface area contributed by atoms with E-state index in [2.05, 4.69) is 24.4 Å². The summed E-state index contributed by atoms with van der Waals surface area (Å²) in [5.74, 6) is 0.322. The number of sulfonamides is 1. The van der Waals surface area contributed by atoms with E-state index in [-0.39, 0.29) is 29.9 Å². The monoisotopic (exact) mass is 510 g/mol. The summed E-state index contributed by atoms with van der Waals surface area (Å²) in [6, 6.07) is 17.5. The van der Waals surface area contributed by atoms with Crippen LogP contribution in [0.4, 0.5) is 0 Å². The SMILES string of the molecule is COc1ccc(S(=O)(=O)N(CC(=O)N[C@@H](C)c2cc(C)c(C)cc2C)Cc2ccccc2)cc1OC. The van der Waals surface area contributed by atoms with Crippen LogP contribution in [0.15, 0.2) is 65.6 Å². The van der Waals surface area contributed by atoms with Gasteiger partial charge in [-0.1, -0.05) is 42.5 Å². The van der Waals surface area contributed by atoms with Crippen molar-refractivity contribution in [3.05, 3.63) is 88.5 Å². The molecule has 0 spiro atoms. The van der Waals surface area contributed by atoms with Crippen molar-refractivity contribution in [2.75, 3.05) is 20.8 Å². The largest absolute Gasteiger partial charge is 0.493 e. The molecule has 0 aliphatic carbocycles. The summed E-state index contributed by atoms with van der Waals surface area (Å²) in [4.78, 5) is 13.1. The van der Waals surface area contributed by atoms with E-state index in [9.17, 15) is 13.2 Å². The highest BCUT2D eigenvalue weighted by molar-refractivity contribution is 7.89. The number of hydrogen-bond acceptors (Lipinski definition) is 5. The third-order valence-electron chi connectivity index (χ3n) is 6.24. The highest BCUT2D eigenvalue weighted by Gasteiger charge is 2.28. The second-order valence-corrected chi connectivity index (χ2v) is 10.8. The van der Waals surface area contributed by atoms with Crippen LogP contribution in [0.2, 0.25) is 0 Å². The molecule has 3 aromatic carbocycles. The Kier molecular flexibility index (Phi) is 8.76. The first-order chi connectivity index (χ1) is 17.1. The van der Waals surface area contributed by atoms with Gasteiger partial charge in [-0.05, 0) is 67.6 Å². The summed E-state index contributed by atoms with van der Waals surface area (Å²) < 4.78 is 39.1. The summed E-state index contributed by atoms with van der Waals surface area (Å²) >= 11 is 0. The molecule has 36 heavy (non-hydrogen) atoms. The standard InChI is InChI=1S/C28H34N2O5S/c1-19-14-21(3)25(15-20(19)2)22(4)29-28(31)18-30(17-23-10-8-7-9-11-23)36(32,33)24-12-13-26(34-5)27(16-24)35-6/h7-16,22H,17-18H2,1-6H3,(H,29,31)/t22-/m0/s1. The van der Waals surface area contributed by atoms with Gasteiger partial charge in [-0.15, -0.1) is 0 Å². The summed E-state index contributed by atoms with van der Waals surface area (Å²) in [6.07, 6.45) is 0. The molecule has 7 nitrogen and oxygen atoms in total. The van der Waals surface area contributed by atoms with Crippen molar-refractivity contribution in [1.29, 1.82) is 0 Å². The molecule has 3 rings (SSSR count). The zero-order valence-electron chi connectivity index (χ0n) is 21.7. The van der Waals surface area contributed by atoms with Gasteiger partial charge in [0.1, 0.15) is 0 Å². The molecule has 1 N–H and O–H groups in total. The summed E-state index contributed by atoms with van der Waals surface area (Å²) in [7, 11) is -1.11. The number of aryl methyl sites for hydroxylation is 3. The molecule has 8 heteroatoms. The predicted molar refractivity (Wildman–Crippen MR) is 141 cm³/mol. The Labute approximate surface area is 214 Å². The molecule has 3 aromatic rings. The number of hydrogen-bond donors (Lipinski definition) is 1. The average molecular weight is 511 g/mol. The fourth-order valence-electron chi connectivity index (χ4n) is 4.11. The number of amides is 1. The van der Waals surface area contributed by atoms with Gasteiger partial charge in [-0.2, -0.15) is 4.31 Å². The van der Waals surface area contributed by atoms with Crippen LogP contribution in [0.3, 0.4) is 0 Å². The molecule has 0 radical (unpaired) electrons.